The number of esters is 4. The van der Waals surface area contributed by atoms with E-state index < -0.39 is 46.9 Å². The van der Waals surface area contributed by atoms with Crippen molar-refractivity contribution >= 4 is 23.9 Å². The average molecular weight is 374 g/mol. The van der Waals surface area contributed by atoms with Gasteiger partial charge < -0.3 is 18.9 Å². The highest BCUT2D eigenvalue weighted by Gasteiger charge is 2.39. The van der Waals surface area contributed by atoms with Gasteiger partial charge in [0.05, 0.1) is 26.6 Å². The highest BCUT2D eigenvalue weighted by molar-refractivity contribution is 5.96. The Balaban J connectivity index is 5.58. The molecule has 0 radical (unpaired) electrons. The van der Waals surface area contributed by atoms with Crippen molar-refractivity contribution in [2.75, 3.05) is 14.2 Å². The number of methoxy groups -OCH3 is 2. The van der Waals surface area contributed by atoms with Crippen LogP contribution >= 0.6 is 0 Å². The third kappa shape index (κ3) is 9.39. The lowest BCUT2D eigenvalue weighted by molar-refractivity contribution is -0.176. The van der Waals surface area contributed by atoms with E-state index in [9.17, 15) is 19.2 Å². The summed E-state index contributed by atoms with van der Waals surface area (Å²) >= 11 is 0. The monoisotopic (exact) mass is 374 g/mol. The minimum absolute atomic E-state index is 0.286. The first-order valence-electron chi connectivity index (χ1n) is 8.30. The number of hydrogen-bond acceptors (Lipinski definition) is 8. The van der Waals surface area contributed by atoms with E-state index in [4.69, 9.17) is 9.47 Å². The van der Waals surface area contributed by atoms with E-state index in [1.165, 1.54) is 7.11 Å². The summed E-state index contributed by atoms with van der Waals surface area (Å²) in [6.07, 6.45) is -0.614. The Hall–Kier alpha value is -2.12. The molecule has 8 nitrogen and oxygen atoms in total. The van der Waals surface area contributed by atoms with Crippen LogP contribution in [-0.2, 0) is 38.1 Å². The topological polar surface area (TPSA) is 105 Å². The van der Waals surface area contributed by atoms with Crippen molar-refractivity contribution in [2.45, 2.75) is 65.6 Å². The Morgan fingerprint density at radius 2 is 1.15 bits per heavy atom. The molecule has 1 unspecified atom stereocenters. The van der Waals surface area contributed by atoms with Gasteiger partial charge in [0.25, 0.3) is 0 Å². The fraction of sp³-hybridized carbons (Fsp3) is 0.778. The van der Waals surface area contributed by atoms with Crippen LogP contribution in [0.25, 0.3) is 0 Å². The van der Waals surface area contributed by atoms with Crippen LogP contribution < -0.4 is 0 Å². The van der Waals surface area contributed by atoms with Crippen molar-refractivity contribution in [3.05, 3.63) is 0 Å². The van der Waals surface area contributed by atoms with Gasteiger partial charge in [-0.3, -0.25) is 19.2 Å². The molecular formula is C18H30O8. The van der Waals surface area contributed by atoms with Gasteiger partial charge in [0.2, 0.25) is 0 Å². The Bertz CT molecular complexity index is 496. The van der Waals surface area contributed by atoms with E-state index >= 15 is 0 Å². The van der Waals surface area contributed by atoms with Crippen LogP contribution in [0.3, 0.4) is 0 Å². The van der Waals surface area contributed by atoms with Gasteiger partial charge in [0.15, 0.2) is 5.92 Å². The Kier molecular flexibility index (Phi) is 8.76. The lowest BCUT2D eigenvalue weighted by Gasteiger charge is -2.27. The number of hydrogen-bond donors (Lipinski definition) is 0. The minimum Gasteiger partial charge on any atom is -0.469 e. The van der Waals surface area contributed by atoms with Gasteiger partial charge in [-0.2, -0.15) is 0 Å². The fourth-order valence-corrected chi connectivity index (χ4v) is 2.03. The maximum absolute atomic E-state index is 12.5. The van der Waals surface area contributed by atoms with Crippen LogP contribution in [0.4, 0.5) is 0 Å². The summed E-state index contributed by atoms with van der Waals surface area (Å²) in [5, 5.41) is 0. The highest BCUT2D eigenvalue weighted by atomic mass is 16.6. The third-order valence-corrected chi connectivity index (χ3v) is 3.08. The zero-order valence-corrected chi connectivity index (χ0v) is 16.8. The van der Waals surface area contributed by atoms with E-state index in [-0.39, 0.29) is 12.8 Å². The van der Waals surface area contributed by atoms with Crippen molar-refractivity contribution in [1.82, 2.24) is 0 Å². The second-order valence-electron chi connectivity index (χ2n) is 7.86. The summed E-state index contributed by atoms with van der Waals surface area (Å²) < 4.78 is 19.8. The lowest BCUT2D eigenvalue weighted by atomic mass is 9.91. The Labute approximate surface area is 154 Å². The van der Waals surface area contributed by atoms with Gasteiger partial charge in [-0.1, -0.05) is 0 Å². The number of carbonyl (C=O) groups excluding carboxylic acids is 4. The van der Waals surface area contributed by atoms with E-state index in [0.29, 0.717) is 0 Å². The molecule has 0 fully saturated rings. The zero-order valence-electron chi connectivity index (χ0n) is 16.8. The van der Waals surface area contributed by atoms with E-state index in [0.717, 1.165) is 7.11 Å². The molecule has 150 valence electrons. The standard InChI is InChI=1S/C18H30O8/c1-17(2,3)25-15(21)12(16(22)26-18(4,5)6)9-11(14(20)24-8)10-13(19)23-7/h11-12H,9-10H2,1-8H3. The molecule has 0 aromatic heterocycles. The van der Waals surface area contributed by atoms with Crippen LogP contribution in [-0.4, -0.2) is 49.3 Å². The Morgan fingerprint density at radius 3 is 1.46 bits per heavy atom. The van der Waals surface area contributed by atoms with Crippen LogP contribution in [0.1, 0.15) is 54.4 Å². The SMILES string of the molecule is COC(=O)CC(CC(C(=O)OC(C)(C)C)C(=O)OC(C)(C)C)C(=O)OC. The molecule has 0 aromatic carbocycles. The molecule has 0 spiro atoms. The van der Waals surface area contributed by atoms with Gasteiger partial charge in [-0.15, -0.1) is 0 Å². The molecule has 0 saturated carbocycles. The van der Waals surface area contributed by atoms with E-state index in [1.807, 2.05) is 0 Å². The first kappa shape index (κ1) is 23.9. The van der Waals surface area contributed by atoms with E-state index in [2.05, 4.69) is 9.47 Å². The van der Waals surface area contributed by atoms with Crippen molar-refractivity contribution in [3.63, 3.8) is 0 Å². The fourth-order valence-electron chi connectivity index (χ4n) is 2.03. The molecule has 0 rings (SSSR count). The molecule has 26 heavy (non-hydrogen) atoms. The van der Waals surface area contributed by atoms with Crippen LogP contribution in [0.5, 0.6) is 0 Å². The molecule has 0 aliphatic carbocycles. The second-order valence-corrected chi connectivity index (χ2v) is 7.86. The van der Waals surface area contributed by atoms with Gasteiger partial charge in [0.1, 0.15) is 11.2 Å². The number of rotatable bonds is 7. The normalized spacial score (nSPS) is 13.0. The molecule has 0 aromatic rings. The van der Waals surface area contributed by atoms with Crippen LogP contribution in [0, 0.1) is 11.8 Å². The molecule has 0 bridgehead atoms. The lowest BCUT2D eigenvalue weighted by Crippen LogP contribution is -2.39. The quantitative estimate of drug-likeness (QED) is 0.379. The molecule has 8 heteroatoms. The largest absolute Gasteiger partial charge is 0.469 e. The summed E-state index contributed by atoms with van der Waals surface area (Å²) in [7, 11) is 2.33. The first-order chi connectivity index (χ1) is 11.7. The van der Waals surface area contributed by atoms with Gasteiger partial charge in [0, 0.05) is 0 Å². The molecule has 0 aliphatic heterocycles. The van der Waals surface area contributed by atoms with Crippen molar-refractivity contribution < 1.29 is 38.1 Å². The van der Waals surface area contributed by atoms with Crippen LogP contribution in [0.2, 0.25) is 0 Å². The molecule has 0 saturated heterocycles. The van der Waals surface area contributed by atoms with E-state index in [1.54, 1.807) is 41.5 Å². The highest BCUT2D eigenvalue weighted by Crippen LogP contribution is 2.24. The first-order valence-corrected chi connectivity index (χ1v) is 8.30. The van der Waals surface area contributed by atoms with Crippen molar-refractivity contribution in [2.24, 2.45) is 11.8 Å². The minimum atomic E-state index is -1.37. The van der Waals surface area contributed by atoms with Gasteiger partial charge in [-0.05, 0) is 48.0 Å². The second kappa shape index (κ2) is 9.54. The smallest absolute Gasteiger partial charge is 0.320 e. The zero-order chi connectivity index (χ0) is 20.7. The molecule has 0 aliphatic rings. The van der Waals surface area contributed by atoms with Crippen molar-refractivity contribution in [1.29, 1.82) is 0 Å². The van der Waals surface area contributed by atoms with Crippen molar-refractivity contribution in [3.8, 4) is 0 Å². The maximum atomic E-state index is 12.5. The number of ether oxygens (including phenoxy) is 4. The summed E-state index contributed by atoms with van der Waals surface area (Å²) in [6, 6.07) is 0. The summed E-state index contributed by atoms with van der Waals surface area (Å²) in [4.78, 5) is 48.5. The molecule has 0 heterocycles. The predicted octanol–water partition coefficient (Wildman–Crippen LogP) is 2.03. The summed E-state index contributed by atoms with van der Waals surface area (Å²) in [5.41, 5.74) is -1.67. The molecule has 0 N–H and O–H groups in total. The molecule has 0 amide bonds. The third-order valence-electron chi connectivity index (χ3n) is 3.08. The van der Waals surface area contributed by atoms with Gasteiger partial charge >= 0.3 is 23.9 Å². The summed E-state index contributed by atoms with van der Waals surface area (Å²) in [5.74, 6) is -5.46. The summed E-state index contributed by atoms with van der Waals surface area (Å²) in [6.45, 7) is 9.94. The molecule has 1 atom stereocenters. The molecular weight excluding hydrogens is 344 g/mol. The predicted molar refractivity (Wildman–Crippen MR) is 91.9 cm³/mol. The van der Waals surface area contributed by atoms with Crippen LogP contribution in [0.15, 0.2) is 0 Å². The Morgan fingerprint density at radius 1 is 0.731 bits per heavy atom. The maximum Gasteiger partial charge on any atom is 0.320 e. The number of carbonyl (C=O) groups is 4. The van der Waals surface area contributed by atoms with Gasteiger partial charge in [-0.25, -0.2) is 0 Å². The average Bonchev–Trinajstić information content (AvgIpc) is 2.46.